The highest BCUT2D eigenvalue weighted by Crippen LogP contribution is 2.18. The lowest BCUT2D eigenvalue weighted by Crippen LogP contribution is -2.29. The van der Waals surface area contributed by atoms with Crippen LogP contribution in [-0.4, -0.2) is 40.5 Å². The number of nitrogens with one attached hydrogen (secondary N) is 2. The molecule has 6 nitrogen and oxygen atoms in total. The Labute approximate surface area is 108 Å². The number of nitrogens with zero attached hydrogens (tertiary/aromatic N) is 3. The van der Waals surface area contributed by atoms with E-state index in [1.165, 1.54) is 13.0 Å². The van der Waals surface area contributed by atoms with Gasteiger partial charge in [0.05, 0.1) is 12.4 Å². The zero-order valence-electron chi connectivity index (χ0n) is 11.1. The largest absolute Gasteiger partial charge is 0.368 e. The van der Waals surface area contributed by atoms with Gasteiger partial charge in [0.15, 0.2) is 5.82 Å². The third kappa shape index (κ3) is 3.30. The minimum absolute atomic E-state index is 0.579. The summed E-state index contributed by atoms with van der Waals surface area (Å²) >= 11 is 0. The molecule has 0 radical (unpaired) electrons. The molecular formula is C12H22N6. The first-order chi connectivity index (χ1) is 8.69. The molecular weight excluding hydrogens is 228 g/mol. The predicted octanol–water partition coefficient (Wildman–Crippen LogP) is 0.904. The lowest BCUT2D eigenvalue weighted by Gasteiger charge is -2.20. The Morgan fingerprint density at radius 1 is 1.44 bits per heavy atom. The monoisotopic (exact) mass is 250 g/mol. The van der Waals surface area contributed by atoms with Crippen molar-refractivity contribution in [2.45, 2.75) is 26.3 Å². The lowest BCUT2D eigenvalue weighted by atomic mass is 10.1. The van der Waals surface area contributed by atoms with Gasteiger partial charge in [0.1, 0.15) is 5.82 Å². The Hall–Kier alpha value is -1.40. The van der Waals surface area contributed by atoms with Crippen LogP contribution in [0.1, 0.15) is 20.3 Å². The Morgan fingerprint density at radius 3 is 2.89 bits per heavy atom. The maximum Gasteiger partial charge on any atom is 0.160 e. The Bertz CT molecular complexity index is 381. The number of nitrogen functional groups attached to an aromatic ring is 1. The molecule has 0 aromatic carbocycles. The van der Waals surface area contributed by atoms with E-state index in [2.05, 4.69) is 39.5 Å². The van der Waals surface area contributed by atoms with Crippen LogP contribution in [0.25, 0.3) is 0 Å². The van der Waals surface area contributed by atoms with Crippen LogP contribution in [-0.2, 0) is 0 Å². The molecule has 1 aliphatic heterocycles. The number of hydrogen-bond acceptors (Lipinski definition) is 6. The molecule has 1 saturated heterocycles. The number of anilines is 2. The SMILES string of the molecule is CC(C)N1CCC(CNc2cncc(NN)n2)C1. The van der Waals surface area contributed by atoms with Crippen LogP contribution in [0.15, 0.2) is 12.4 Å². The van der Waals surface area contributed by atoms with Crippen LogP contribution >= 0.6 is 0 Å². The van der Waals surface area contributed by atoms with Crippen molar-refractivity contribution >= 4 is 11.6 Å². The van der Waals surface area contributed by atoms with E-state index >= 15 is 0 Å². The molecule has 0 spiro atoms. The molecule has 100 valence electrons. The van der Waals surface area contributed by atoms with Crippen LogP contribution in [0, 0.1) is 5.92 Å². The van der Waals surface area contributed by atoms with E-state index in [1.807, 2.05) is 0 Å². The van der Waals surface area contributed by atoms with E-state index in [0.29, 0.717) is 17.8 Å². The summed E-state index contributed by atoms with van der Waals surface area (Å²) in [5.41, 5.74) is 2.50. The van der Waals surface area contributed by atoms with Crippen molar-refractivity contribution in [3.05, 3.63) is 12.4 Å². The van der Waals surface area contributed by atoms with Gasteiger partial charge in [0.25, 0.3) is 0 Å². The van der Waals surface area contributed by atoms with Gasteiger partial charge in [-0.15, -0.1) is 0 Å². The van der Waals surface area contributed by atoms with Crippen LogP contribution in [0.2, 0.25) is 0 Å². The van der Waals surface area contributed by atoms with Gasteiger partial charge in [-0.2, -0.15) is 0 Å². The molecule has 1 fully saturated rings. The van der Waals surface area contributed by atoms with Crippen LogP contribution in [0.3, 0.4) is 0 Å². The zero-order chi connectivity index (χ0) is 13.0. The van der Waals surface area contributed by atoms with Gasteiger partial charge in [-0.25, -0.2) is 10.8 Å². The summed E-state index contributed by atoms with van der Waals surface area (Å²) in [6, 6.07) is 0.638. The Morgan fingerprint density at radius 2 is 2.22 bits per heavy atom. The summed E-state index contributed by atoms with van der Waals surface area (Å²) in [4.78, 5) is 10.9. The number of hydrogen-bond donors (Lipinski definition) is 3. The van der Waals surface area contributed by atoms with Crippen molar-refractivity contribution in [3.63, 3.8) is 0 Å². The number of rotatable bonds is 5. The molecule has 2 heterocycles. The third-order valence-electron chi connectivity index (χ3n) is 3.40. The summed E-state index contributed by atoms with van der Waals surface area (Å²) in [6.07, 6.45) is 4.56. The molecule has 0 amide bonds. The minimum atomic E-state index is 0.579. The Balaban J connectivity index is 1.81. The molecule has 1 unspecified atom stereocenters. The summed E-state index contributed by atoms with van der Waals surface area (Å²) in [5.74, 6) is 7.34. The molecule has 1 atom stereocenters. The fourth-order valence-corrected chi connectivity index (χ4v) is 2.27. The van der Waals surface area contributed by atoms with Crippen LogP contribution in [0.4, 0.5) is 11.6 Å². The quantitative estimate of drug-likeness (QED) is 0.532. The first kappa shape index (κ1) is 13.0. The smallest absolute Gasteiger partial charge is 0.160 e. The highest BCUT2D eigenvalue weighted by atomic mass is 15.3. The van der Waals surface area contributed by atoms with Gasteiger partial charge in [-0.3, -0.25) is 4.98 Å². The molecule has 4 N–H and O–H groups in total. The van der Waals surface area contributed by atoms with Crippen LogP contribution < -0.4 is 16.6 Å². The first-order valence-corrected chi connectivity index (χ1v) is 6.45. The van der Waals surface area contributed by atoms with Crippen molar-refractivity contribution < 1.29 is 0 Å². The molecule has 1 aromatic rings. The van der Waals surface area contributed by atoms with Gasteiger partial charge in [0, 0.05) is 19.1 Å². The maximum atomic E-state index is 5.30. The van der Waals surface area contributed by atoms with Crippen molar-refractivity contribution in [1.29, 1.82) is 0 Å². The van der Waals surface area contributed by atoms with E-state index in [-0.39, 0.29) is 0 Å². The van der Waals surface area contributed by atoms with Crippen LogP contribution in [0.5, 0.6) is 0 Å². The molecule has 18 heavy (non-hydrogen) atoms. The summed E-state index contributed by atoms with van der Waals surface area (Å²) < 4.78 is 0. The maximum absolute atomic E-state index is 5.30. The molecule has 1 aliphatic rings. The van der Waals surface area contributed by atoms with Crippen molar-refractivity contribution in [2.24, 2.45) is 11.8 Å². The zero-order valence-corrected chi connectivity index (χ0v) is 11.1. The lowest BCUT2D eigenvalue weighted by molar-refractivity contribution is 0.266. The molecule has 0 bridgehead atoms. The fourth-order valence-electron chi connectivity index (χ4n) is 2.27. The van der Waals surface area contributed by atoms with Crippen molar-refractivity contribution in [1.82, 2.24) is 14.9 Å². The van der Waals surface area contributed by atoms with E-state index in [4.69, 9.17) is 5.84 Å². The molecule has 0 aliphatic carbocycles. The fraction of sp³-hybridized carbons (Fsp3) is 0.667. The molecule has 2 rings (SSSR count). The van der Waals surface area contributed by atoms with Gasteiger partial charge >= 0.3 is 0 Å². The predicted molar refractivity (Wildman–Crippen MR) is 73.1 cm³/mol. The van der Waals surface area contributed by atoms with Crippen molar-refractivity contribution in [2.75, 3.05) is 30.4 Å². The number of aromatic nitrogens is 2. The van der Waals surface area contributed by atoms with E-state index < -0.39 is 0 Å². The molecule has 6 heteroatoms. The normalized spacial score (nSPS) is 20.3. The van der Waals surface area contributed by atoms with Gasteiger partial charge < -0.3 is 15.6 Å². The second-order valence-corrected chi connectivity index (χ2v) is 5.06. The summed E-state index contributed by atoms with van der Waals surface area (Å²) in [5, 5.41) is 3.32. The Kier molecular flexibility index (Phi) is 4.33. The average Bonchev–Trinajstić information content (AvgIpc) is 2.85. The molecule has 1 aromatic heterocycles. The topological polar surface area (TPSA) is 79.1 Å². The highest BCUT2D eigenvalue weighted by molar-refractivity contribution is 5.40. The standard InChI is InChI=1S/C12H22N6/c1-9(2)18-4-3-10(8-18)5-15-11-6-14-7-12(16-11)17-13/h6-7,9-10H,3-5,8,13H2,1-2H3,(H2,15,16,17). The second-order valence-electron chi connectivity index (χ2n) is 5.06. The third-order valence-corrected chi connectivity index (χ3v) is 3.40. The van der Waals surface area contributed by atoms with Gasteiger partial charge in [0.2, 0.25) is 0 Å². The van der Waals surface area contributed by atoms with E-state index in [9.17, 15) is 0 Å². The second kappa shape index (κ2) is 5.97. The number of nitrogens with two attached hydrogens (primary N) is 1. The number of hydrazine groups is 1. The molecule has 0 saturated carbocycles. The highest BCUT2D eigenvalue weighted by Gasteiger charge is 2.23. The summed E-state index contributed by atoms with van der Waals surface area (Å²) in [7, 11) is 0. The van der Waals surface area contributed by atoms with Gasteiger partial charge in [-0.1, -0.05) is 0 Å². The number of likely N-dealkylation sites (tertiary alicyclic amines) is 1. The van der Waals surface area contributed by atoms with E-state index in [1.54, 1.807) is 12.4 Å². The summed E-state index contributed by atoms with van der Waals surface area (Å²) in [6.45, 7) is 7.79. The van der Waals surface area contributed by atoms with Gasteiger partial charge in [-0.05, 0) is 32.7 Å². The minimum Gasteiger partial charge on any atom is -0.368 e. The first-order valence-electron chi connectivity index (χ1n) is 6.45. The average molecular weight is 250 g/mol. The van der Waals surface area contributed by atoms with Crippen molar-refractivity contribution in [3.8, 4) is 0 Å². The van der Waals surface area contributed by atoms with E-state index in [0.717, 1.165) is 18.9 Å².